The first kappa shape index (κ1) is 22.7. The number of imidazole rings is 1. The Balaban J connectivity index is 1.73. The number of ether oxygens (including phenoxy) is 1. The average Bonchev–Trinajstić information content (AvgIpc) is 3.40. The third-order valence-electron chi connectivity index (χ3n) is 5.87. The van der Waals surface area contributed by atoms with Gasteiger partial charge in [-0.05, 0) is 49.2 Å². The molecule has 0 radical (unpaired) electrons. The summed E-state index contributed by atoms with van der Waals surface area (Å²) in [6.07, 6.45) is 3.58. The van der Waals surface area contributed by atoms with Crippen LogP contribution >= 0.6 is 11.3 Å². The zero-order valence-electron chi connectivity index (χ0n) is 19.3. The Labute approximate surface area is 202 Å². The van der Waals surface area contributed by atoms with E-state index in [0.29, 0.717) is 27.6 Å². The van der Waals surface area contributed by atoms with Gasteiger partial charge in [-0.15, -0.1) is 11.3 Å². The van der Waals surface area contributed by atoms with Gasteiger partial charge in [0.25, 0.3) is 5.56 Å². The molecule has 3 heterocycles. The number of aryl methyl sites for hydroxylation is 3. The standard InChI is InChI=1S/C25H20F2N4O3S/c1-13-11-30(12-28-13)19-6-5-15(7-20(19)34-4)22-14(2)21-23(32)31(25(33)29(3)24(21)35-22)18-9-16(26)8-17(27)10-18/h5-12H,1-4H3. The number of halogens is 2. The van der Waals surface area contributed by atoms with Crippen molar-refractivity contribution in [1.82, 2.24) is 18.7 Å². The van der Waals surface area contributed by atoms with E-state index >= 15 is 0 Å². The summed E-state index contributed by atoms with van der Waals surface area (Å²) in [6.45, 7) is 3.68. The highest BCUT2D eigenvalue weighted by Crippen LogP contribution is 2.39. The van der Waals surface area contributed by atoms with Crippen LogP contribution in [0.3, 0.4) is 0 Å². The van der Waals surface area contributed by atoms with Crippen LogP contribution in [-0.2, 0) is 7.05 Å². The van der Waals surface area contributed by atoms with Crippen LogP contribution in [0, 0.1) is 25.5 Å². The summed E-state index contributed by atoms with van der Waals surface area (Å²) in [5.41, 5.74) is 1.64. The van der Waals surface area contributed by atoms with Gasteiger partial charge < -0.3 is 9.30 Å². The van der Waals surface area contributed by atoms with Gasteiger partial charge in [-0.1, -0.05) is 6.07 Å². The van der Waals surface area contributed by atoms with Crippen LogP contribution in [0.1, 0.15) is 11.3 Å². The molecule has 5 rings (SSSR count). The quantitative estimate of drug-likeness (QED) is 0.369. The second kappa shape index (κ2) is 8.31. The molecule has 178 valence electrons. The van der Waals surface area contributed by atoms with Gasteiger partial charge in [0.05, 0.1) is 35.9 Å². The Hall–Kier alpha value is -4.05. The molecule has 0 saturated carbocycles. The Morgan fingerprint density at radius 1 is 1.03 bits per heavy atom. The highest BCUT2D eigenvalue weighted by atomic mass is 32.1. The first-order valence-electron chi connectivity index (χ1n) is 10.6. The van der Waals surface area contributed by atoms with E-state index in [2.05, 4.69) is 4.98 Å². The topological polar surface area (TPSA) is 71.0 Å². The van der Waals surface area contributed by atoms with E-state index in [9.17, 15) is 18.4 Å². The van der Waals surface area contributed by atoms with Crippen molar-refractivity contribution in [2.75, 3.05) is 7.11 Å². The summed E-state index contributed by atoms with van der Waals surface area (Å²) in [5.74, 6) is -1.15. The van der Waals surface area contributed by atoms with E-state index in [1.54, 1.807) is 20.4 Å². The van der Waals surface area contributed by atoms with Crippen LogP contribution in [0.25, 0.3) is 32.0 Å². The molecular weight excluding hydrogens is 474 g/mol. The third-order valence-corrected chi connectivity index (χ3v) is 7.28. The maximum atomic E-state index is 13.8. The molecule has 7 nitrogen and oxygen atoms in total. The van der Waals surface area contributed by atoms with E-state index < -0.39 is 22.9 Å². The first-order chi connectivity index (χ1) is 16.7. The molecular formula is C25H20F2N4O3S. The number of benzene rings is 2. The van der Waals surface area contributed by atoms with Crippen LogP contribution in [0.15, 0.2) is 58.5 Å². The molecule has 0 aliphatic rings. The number of rotatable bonds is 4. The fourth-order valence-electron chi connectivity index (χ4n) is 4.18. The predicted molar refractivity (Wildman–Crippen MR) is 131 cm³/mol. The largest absolute Gasteiger partial charge is 0.495 e. The monoisotopic (exact) mass is 494 g/mol. The lowest BCUT2D eigenvalue weighted by molar-refractivity contribution is 0.413. The molecule has 0 N–H and O–H groups in total. The smallest absolute Gasteiger partial charge is 0.336 e. The summed E-state index contributed by atoms with van der Waals surface area (Å²) in [4.78, 5) is 32.0. The summed E-state index contributed by atoms with van der Waals surface area (Å²) in [7, 11) is 3.10. The van der Waals surface area contributed by atoms with Crippen molar-refractivity contribution >= 4 is 21.6 Å². The van der Waals surface area contributed by atoms with Crippen molar-refractivity contribution in [3.05, 3.63) is 92.7 Å². The molecule has 0 bridgehead atoms. The third kappa shape index (κ3) is 3.66. The second-order valence-electron chi connectivity index (χ2n) is 8.16. The summed E-state index contributed by atoms with van der Waals surface area (Å²) in [5, 5.41) is 0.310. The Kier molecular flexibility index (Phi) is 5.40. The molecule has 0 aliphatic heterocycles. The minimum Gasteiger partial charge on any atom is -0.495 e. The van der Waals surface area contributed by atoms with Gasteiger partial charge in [-0.3, -0.25) is 9.36 Å². The SMILES string of the molecule is COc1cc(-c2sc3c(c2C)c(=O)n(-c2cc(F)cc(F)c2)c(=O)n3C)ccc1-n1cnc(C)c1. The van der Waals surface area contributed by atoms with Gasteiger partial charge in [0, 0.05) is 24.2 Å². The predicted octanol–water partition coefficient (Wildman–Crippen LogP) is 4.51. The fraction of sp³-hybridized carbons (Fsp3) is 0.160. The van der Waals surface area contributed by atoms with Crippen molar-refractivity contribution in [2.24, 2.45) is 7.05 Å². The summed E-state index contributed by atoms with van der Waals surface area (Å²) in [6, 6.07) is 8.27. The number of methoxy groups -OCH3 is 1. The summed E-state index contributed by atoms with van der Waals surface area (Å²) >= 11 is 1.29. The lowest BCUT2D eigenvalue weighted by atomic mass is 10.1. The molecule has 0 aliphatic carbocycles. The minimum absolute atomic E-state index is 0.163. The van der Waals surface area contributed by atoms with Gasteiger partial charge in [0.2, 0.25) is 0 Å². The van der Waals surface area contributed by atoms with Gasteiger partial charge in [-0.2, -0.15) is 0 Å². The second-order valence-corrected chi connectivity index (χ2v) is 9.15. The van der Waals surface area contributed by atoms with E-state index in [1.165, 1.54) is 23.0 Å². The maximum absolute atomic E-state index is 13.8. The zero-order chi connectivity index (χ0) is 25.0. The van der Waals surface area contributed by atoms with Gasteiger partial charge in [0.15, 0.2) is 0 Å². The minimum atomic E-state index is -0.878. The number of nitrogens with zero attached hydrogens (tertiary/aromatic N) is 4. The van der Waals surface area contributed by atoms with Crippen molar-refractivity contribution in [3.63, 3.8) is 0 Å². The van der Waals surface area contributed by atoms with Crippen molar-refractivity contribution < 1.29 is 13.5 Å². The van der Waals surface area contributed by atoms with Crippen LogP contribution in [-0.4, -0.2) is 25.8 Å². The molecule has 10 heteroatoms. The van der Waals surface area contributed by atoms with Gasteiger partial charge in [0.1, 0.15) is 22.2 Å². The Morgan fingerprint density at radius 2 is 1.74 bits per heavy atom. The number of aromatic nitrogens is 4. The highest BCUT2D eigenvalue weighted by molar-refractivity contribution is 7.22. The zero-order valence-corrected chi connectivity index (χ0v) is 20.1. The lowest BCUT2D eigenvalue weighted by Gasteiger charge is -2.11. The van der Waals surface area contributed by atoms with E-state index in [-0.39, 0.29) is 5.69 Å². The molecule has 0 fully saturated rings. The molecule has 0 amide bonds. The maximum Gasteiger partial charge on any atom is 0.336 e. The van der Waals surface area contributed by atoms with E-state index in [1.807, 2.05) is 35.9 Å². The van der Waals surface area contributed by atoms with Crippen molar-refractivity contribution in [2.45, 2.75) is 13.8 Å². The fourth-order valence-corrected chi connectivity index (χ4v) is 5.43. The Bertz CT molecular complexity index is 1730. The summed E-state index contributed by atoms with van der Waals surface area (Å²) < 4.78 is 37.3. The molecule has 5 aromatic rings. The molecule has 3 aromatic heterocycles. The van der Waals surface area contributed by atoms with Crippen LogP contribution < -0.4 is 16.0 Å². The van der Waals surface area contributed by atoms with Crippen molar-refractivity contribution in [3.8, 4) is 27.6 Å². The molecule has 0 saturated heterocycles. The van der Waals surface area contributed by atoms with Crippen LogP contribution in [0.4, 0.5) is 8.78 Å². The molecule has 0 spiro atoms. The molecule has 0 unspecified atom stereocenters. The molecule has 2 aromatic carbocycles. The molecule has 0 atom stereocenters. The van der Waals surface area contributed by atoms with Crippen molar-refractivity contribution in [1.29, 1.82) is 0 Å². The van der Waals surface area contributed by atoms with Crippen LogP contribution in [0.2, 0.25) is 0 Å². The normalized spacial score (nSPS) is 11.4. The average molecular weight is 495 g/mol. The number of hydrogen-bond donors (Lipinski definition) is 0. The molecule has 35 heavy (non-hydrogen) atoms. The first-order valence-corrected chi connectivity index (χ1v) is 11.4. The lowest BCUT2D eigenvalue weighted by Crippen LogP contribution is -2.37. The van der Waals surface area contributed by atoms with Gasteiger partial charge in [-0.25, -0.2) is 23.1 Å². The number of fused-ring (bicyclic) bond motifs is 1. The van der Waals surface area contributed by atoms with E-state index in [0.717, 1.165) is 38.5 Å². The van der Waals surface area contributed by atoms with Gasteiger partial charge >= 0.3 is 5.69 Å². The highest BCUT2D eigenvalue weighted by Gasteiger charge is 2.21. The number of hydrogen-bond acceptors (Lipinski definition) is 5. The van der Waals surface area contributed by atoms with E-state index in [4.69, 9.17) is 4.74 Å². The van der Waals surface area contributed by atoms with Crippen LogP contribution in [0.5, 0.6) is 5.75 Å². The number of thiophene rings is 1. The Morgan fingerprint density at radius 3 is 2.37 bits per heavy atom.